The fraction of sp³-hybridized carbons (Fsp3) is 0.111. The SMILES string of the molecule is Cn1ccnc1C(Nc1c(F)cc(C#N)cc1F)c1ccc(F)cc1. The molecule has 1 unspecified atom stereocenters. The van der Waals surface area contributed by atoms with Crippen molar-refractivity contribution in [3.8, 4) is 6.07 Å². The standard InChI is InChI=1S/C18H13F3N4/c1-25-7-6-23-18(25)16(12-2-4-13(19)5-3-12)24-17-14(20)8-11(10-22)9-15(17)21/h2-9,16,24H,1H3. The van der Waals surface area contributed by atoms with Gasteiger partial charge >= 0.3 is 0 Å². The Kier molecular flexibility index (Phi) is 4.44. The highest BCUT2D eigenvalue weighted by Gasteiger charge is 2.22. The van der Waals surface area contributed by atoms with E-state index >= 15 is 0 Å². The molecule has 1 atom stereocenters. The van der Waals surface area contributed by atoms with E-state index in [1.54, 1.807) is 30.1 Å². The van der Waals surface area contributed by atoms with Gasteiger partial charge in [-0.3, -0.25) is 0 Å². The molecule has 2 aromatic carbocycles. The summed E-state index contributed by atoms with van der Waals surface area (Å²) >= 11 is 0. The lowest BCUT2D eigenvalue weighted by atomic mass is 10.0. The molecule has 7 heteroatoms. The van der Waals surface area contributed by atoms with Gasteiger partial charge in [0.2, 0.25) is 0 Å². The van der Waals surface area contributed by atoms with Gasteiger partial charge < -0.3 is 9.88 Å². The summed E-state index contributed by atoms with van der Waals surface area (Å²) in [5, 5.41) is 11.6. The van der Waals surface area contributed by atoms with Crippen LogP contribution >= 0.6 is 0 Å². The van der Waals surface area contributed by atoms with Crippen LogP contribution in [-0.4, -0.2) is 9.55 Å². The van der Waals surface area contributed by atoms with Crippen LogP contribution in [0, 0.1) is 28.8 Å². The van der Waals surface area contributed by atoms with Gasteiger partial charge in [0.25, 0.3) is 0 Å². The van der Waals surface area contributed by atoms with E-state index < -0.39 is 23.5 Å². The molecule has 1 aromatic heterocycles. The molecule has 1 N–H and O–H groups in total. The number of nitrogens with one attached hydrogen (secondary N) is 1. The van der Waals surface area contributed by atoms with Crippen LogP contribution in [0.5, 0.6) is 0 Å². The van der Waals surface area contributed by atoms with Gasteiger partial charge in [0.1, 0.15) is 23.4 Å². The van der Waals surface area contributed by atoms with Crippen molar-refractivity contribution in [2.75, 3.05) is 5.32 Å². The third kappa shape index (κ3) is 3.33. The summed E-state index contributed by atoms with van der Waals surface area (Å²) in [4.78, 5) is 4.21. The lowest BCUT2D eigenvalue weighted by molar-refractivity contribution is 0.582. The van der Waals surface area contributed by atoms with Crippen LogP contribution in [0.15, 0.2) is 48.8 Å². The zero-order chi connectivity index (χ0) is 18.0. The molecule has 25 heavy (non-hydrogen) atoms. The summed E-state index contributed by atoms with van der Waals surface area (Å²) in [6.07, 6.45) is 3.25. The third-order valence-corrected chi connectivity index (χ3v) is 3.78. The molecule has 0 spiro atoms. The van der Waals surface area contributed by atoms with E-state index in [0.29, 0.717) is 11.4 Å². The van der Waals surface area contributed by atoms with Crippen LogP contribution in [0.25, 0.3) is 0 Å². The Morgan fingerprint density at radius 1 is 1.12 bits per heavy atom. The third-order valence-electron chi connectivity index (χ3n) is 3.78. The number of halogens is 3. The number of aryl methyl sites for hydroxylation is 1. The minimum absolute atomic E-state index is 0.115. The van der Waals surface area contributed by atoms with E-state index in [0.717, 1.165) is 12.1 Å². The Hall–Kier alpha value is -3.27. The fourth-order valence-electron chi connectivity index (χ4n) is 2.53. The van der Waals surface area contributed by atoms with Gasteiger partial charge in [-0.2, -0.15) is 5.26 Å². The molecule has 0 fully saturated rings. The molecule has 0 aliphatic carbocycles. The molecule has 0 aliphatic heterocycles. The number of hydrogen-bond acceptors (Lipinski definition) is 3. The summed E-state index contributed by atoms with van der Waals surface area (Å²) < 4.78 is 43.4. The number of nitriles is 1. The first-order valence-electron chi connectivity index (χ1n) is 7.38. The highest BCUT2D eigenvalue weighted by molar-refractivity contribution is 5.53. The van der Waals surface area contributed by atoms with Crippen molar-refractivity contribution in [2.24, 2.45) is 7.05 Å². The Labute approximate surface area is 142 Å². The number of nitrogens with zero attached hydrogens (tertiary/aromatic N) is 3. The first kappa shape index (κ1) is 16.6. The maximum Gasteiger partial charge on any atom is 0.150 e. The predicted molar refractivity (Wildman–Crippen MR) is 86.1 cm³/mol. The van der Waals surface area contributed by atoms with Gasteiger partial charge in [0, 0.05) is 19.4 Å². The molecule has 1 heterocycles. The zero-order valence-electron chi connectivity index (χ0n) is 13.2. The molecule has 0 saturated heterocycles. The fourth-order valence-corrected chi connectivity index (χ4v) is 2.53. The maximum atomic E-state index is 14.2. The maximum absolute atomic E-state index is 14.2. The smallest absolute Gasteiger partial charge is 0.150 e. The average molecular weight is 342 g/mol. The van der Waals surface area contributed by atoms with Crippen molar-refractivity contribution in [2.45, 2.75) is 6.04 Å². The Morgan fingerprint density at radius 3 is 2.28 bits per heavy atom. The van der Waals surface area contributed by atoms with Crippen molar-refractivity contribution in [1.82, 2.24) is 9.55 Å². The molecule has 0 bridgehead atoms. The van der Waals surface area contributed by atoms with Gasteiger partial charge in [0.15, 0.2) is 11.6 Å². The van der Waals surface area contributed by atoms with E-state index in [4.69, 9.17) is 5.26 Å². The summed E-state index contributed by atoms with van der Waals surface area (Å²) in [5.41, 5.74) is 0.0889. The van der Waals surface area contributed by atoms with E-state index in [-0.39, 0.29) is 11.3 Å². The Balaban J connectivity index is 2.07. The number of imidazole rings is 1. The van der Waals surface area contributed by atoms with Gasteiger partial charge in [-0.1, -0.05) is 12.1 Å². The van der Waals surface area contributed by atoms with E-state index in [2.05, 4.69) is 10.3 Å². The lowest BCUT2D eigenvalue weighted by Gasteiger charge is -2.21. The number of rotatable bonds is 4. The summed E-state index contributed by atoms with van der Waals surface area (Å²) in [6, 6.07) is 8.44. The highest BCUT2D eigenvalue weighted by atomic mass is 19.1. The minimum Gasteiger partial charge on any atom is -0.367 e. The number of aromatic nitrogens is 2. The lowest BCUT2D eigenvalue weighted by Crippen LogP contribution is -2.18. The van der Waals surface area contributed by atoms with Crippen LogP contribution in [-0.2, 0) is 7.05 Å². The Morgan fingerprint density at radius 2 is 1.76 bits per heavy atom. The van der Waals surface area contributed by atoms with Crippen molar-refractivity contribution in [3.63, 3.8) is 0 Å². The van der Waals surface area contributed by atoms with Crippen LogP contribution in [0.2, 0.25) is 0 Å². The van der Waals surface area contributed by atoms with Gasteiger partial charge in [-0.15, -0.1) is 0 Å². The quantitative estimate of drug-likeness (QED) is 0.782. The van der Waals surface area contributed by atoms with Crippen LogP contribution in [0.4, 0.5) is 18.9 Å². The molecular formula is C18H13F3N4. The molecule has 3 rings (SSSR count). The minimum atomic E-state index is -0.891. The van der Waals surface area contributed by atoms with Crippen LogP contribution in [0.3, 0.4) is 0 Å². The summed E-state index contributed by atoms with van der Waals surface area (Å²) in [7, 11) is 1.74. The summed E-state index contributed by atoms with van der Waals surface area (Å²) in [6.45, 7) is 0. The molecule has 0 saturated carbocycles. The predicted octanol–water partition coefficient (Wildman–Crippen LogP) is 3.91. The second-order valence-electron chi connectivity index (χ2n) is 5.45. The topological polar surface area (TPSA) is 53.6 Å². The van der Waals surface area contributed by atoms with Gasteiger partial charge in [0.05, 0.1) is 11.6 Å². The average Bonchev–Trinajstić information content (AvgIpc) is 3.01. The first-order chi connectivity index (χ1) is 12.0. The van der Waals surface area contributed by atoms with Crippen LogP contribution in [0.1, 0.15) is 23.0 Å². The van der Waals surface area contributed by atoms with Gasteiger partial charge in [-0.25, -0.2) is 18.2 Å². The van der Waals surface area contributed by atoms with Gasteiger partial charge in [-0.05, 0) is 29.8 Å². The molecular weight excluding hydrogens is 329 g/mol. The molecule has 4 nitrogen and oxygen atoms in total. The number of benzene rings is 2. The number of anilines is 1. The van der Waals surface area contributed by atoms with Crippen molar-refractivity contribution < 1.29 is 13.2 Å². The molecule has 0 amide bonds. The first-order valence-corrected chi connectivity index (χ1v) is 7.38. The zero-order valence-corrected chi connectivity index (χ0v) is 13.2. The van der Waals surface area contributed by atoms with E-state index in [9.17, 15) is 13.2 Å². The normalized spacial score (nSPS) is 11.8. The molecule has 126 valence electrons. The molecule has 3 aromatic rings. The van der Waals surface area contributed by atoms with E-state index in [1.807, 2.05) is 0 Å². The molecule has 0 radical (unpaired) electrons. The summed E-state index contributed by atoms with van der Waals surface area (Å²) in [5.74, 6) is -1.71. The second kappa shape index (κ2) is 6.69. The second-order valence-corrected chi connectivity index (χ2v) is 5.45. The van der Waals surface area contributed by atoms with Crippen LogP contribution < -0.4 is 5.32 Å². The highest BCUT2D eigenvalue weighted by Crippen LogP contribution is 2.29. The van der Waals surface area contributed by atoms with E-state index in [1.165, 1.54) is 24.3 Å². The van der Waals surface area contributed by atoms with Crippen molar-refractivity contribution in [3.05, 3.63) is 83.2 Å². The van der Waals surface area contributed by atoms with Crippen molar-refractivity contribution in [1.29, 1.82) is 5.26 Å². The van der Waals surface area contributed by atoms with Crippen molar-refractivity contribution >= 4 is 5.69 Å². The number of hydrogen-bond donors (Lipinski definition) is 1. The largest absolute Gasteiger partial charge is 0.367 e. The monoisotopic (exact) mass is 342 g/mol. The Bertz CT molecular complexity index is 919. The molecule has 0 aliphatic rings.